The fraction of sp³-hybridized carbons (Fsp3) is 0.400. The Kier molecular flexibility index (Phi) is 4.61. The lowest BCUT2D eigenvalue weighted by molar-refractivity contribution is 0.477. The van der Waals surface area contributed by atoms with Gasteiger partial charge in [0.1, 0.15) is 0 Å². The zero-order chi connectivity index (χ0) is 13.8. The van der Waals surface area contributed by atoms with E-state index in [9.17, 15) is 0 Å². The van der Waals surface area contributed by atoms with E-state index < -0.39 is 0 Å². The molecule has 2 rings (SSSR count). The Bertz CT molecular complexity index is 519. The first-order chi connectivity index (χ1) is 9.09. The third-order valence-electron chi connectivity index (χ3n) is 3.21. The molecule has 2 aromatic rings. The van der Waals surface area contributed by atoms with Crippen LogP contribution in [0.15, 0.2) is 36.5 Å². The van der Waals surface area contributed by atoms with Crippen LogP contribution in [-0.2, 0) is 6.42 Å². The van der Waals surface area contributed by atoms with Crippen LogP contribution < -0.4 is 5.73 Å². The van der Waals surface area contributed by atoms with Crippen molar-refractivity contribution in [2.45, 2.75) is 38.8 Å². The first-order valence-corrected chi connectivity index (χ1v) is 6.99. The summed E-state index contributed by atoms with van der Waals surface area (Å²) in [5.41, 5.74) is 8.52. The quantitative estimate of drug-likeness (QED) is 0.904. The fourth-order valence-electron chi connectivity index (χ4n) is 2.21. The van der Waals surface area contributed by atoms with Crippen molar-refractivity contribution in [3.63, 3.8) is 0 Å². The Morgan fingerprint density at radius 3 is 2.58 bits per heavy atom. The van der Waals surface area contributed by atoms with Crippen molar-refractivity contribution < 1.29 is 0 Å². The first-order valence-electron chi connectivity index (χ1n) is 6.62. The van der Waals surface area contributed by atoms with Gasteiger partial charge in [0.25, 0.3) is 0 Å². The van der Waals surface area contributed by atoms with E-state index in [0.29, 0.717) is 5.02 Å². The molecule has 1 aromatic carbocycles. The molecule has 19 heavy (non-hydrogen) atoms. The van der Waals surface area contributed by atoms with E-state index in [-0.39, 0.29) is 12.1 Å². The SMILES string of the molecule is CC(C)n1ncc(Cl)c1C(N)CCc1ccccc1. The average Bonchev–Trinajstić information content (AvgIpc) is 2.79. The number of halogens is 1. The van der Waals surface area contributed by atoms with E-state index >= 15 is 0 Å². The molecule has 1 heterocycles. The highest BCUT2D eigenvalue weighted by Crippen LogP contribution is 2.26. The zero-order valence-corrected chi connectivity index (χ0v) is 12.1. The molecule has 0 aliphatic rings. The lowest BCUT2D eigenvalue weighted by Gasteiger charge is -2.17. The third-order valence-corrected chi connectivity index (χ3v) is 3.51. The topological polar surface area (TPSA) is 43.8 Å². The van der Waals surface area contributed by atoms with Gasteiger partial charge in [0.15, 0.2) is 0 Å². The molecule has 2 N–H and O–H groups in total. The van der Waals surface area contributed by atoms with Crippen molar-refractivity contribution >= 4 is 11.6 Å². The highest BCUT2D eigenvalue weighted by Gasteiger charge is 2.18. The van der Waals surface area contributed by atoms with Crippen molar-refractivity contribution in [3.8, 4) is 0 Å². The molecular formula is C15H20ClN3. The summed E-state index contributed by atoms with van der Waals surface area (Å²) in [6.45, 7) is 4.16. The number of benzene rings is 1. The first kappa shape index (κ1) is 14.1. The van der Waals surface area contributed by atoms with E-state index in [4.69, 9.17) is 17.3 Å². The zero-order valence-electron chi connectivity index (χ0n) is 11.4. The summed E-state index contributed by atoms with van der Waals surface area (Å²) in [5.74, 6) is 0. The van der Waals surface area contributed by atoms with Gasteiger partial charge in [-0.1, -0.05) is 41.9 Å². The molecule has 1 aromatic heterocycles. The number of aromatic nitrogens is 2. The Balaban J connectivity index is 2.08. The molecular weight excluding hydrogens is 258 g/mol. The number of rotatable bonds is 5. The van der Waals surface area contributed by atoms with Gasteiger partial charge in [-0.2, -0.15) is 5.10 Å². The van der Waals surface area contributed by atoms with Crippen LogP contribution in [0, 0.1) is 0 Å². The highest BCUT2D eigenvalue weighted by molar-refractivity contribution is 6.31. The van der Waals surface area contributed by atoms with Crippen molar-refractivity contribution in [1.29, 1.82) is 0 Å². The Labute approximate surface area is 119 Å². The van der Waals surface area contributed by atoms with Crippen LogP contribution in [0.2, 0.25) is 5.02 Å². The van der Waals surface area contributed by atoms with Crippen molar-refractivity contribution in [2.75, 3.05) is 0 Å². The molecule has 0 aliphatic heterocycles. The van der Waals surface area contributed by atoms with Gasteiger partial charge in [-0.05, 0) is 32.3 Å². The lowest BCUT2D eigenvalue weighted by atomic mass is 10.0. The molecule has 0 aliphatic carbocycles. The van der Waals surface area contributed by atoms with Gasteiger partial charge >= 0.3 is 0 Å². The maximum atomic E-state index is 6.28. The predicted molar refractivity (Wildman–Crippen MR) is 79.3 cm³/mol. The second-order valence-electron chi connectivity index (χ2n) is 5.05. The maximum Gasteiger partial charge on any atom is 0.0834 e. The Morgan fingerprint density at radius 1 is 1.26 bits per heavy atom. The molecule has 1 atom stereocenters. The summed E-state index contributed by atoms with van der Waals surface area (Å²) in [6, 6.07) is 10.5. The van der Waals surface area contributed by atoms with Gasteiger partial charge in [0.2, 0.25) is 0 Å². The van der Waals surface area contributed by atoms with Crippen molar-refractivity contribution in [3.05, 3.63) is 52.8 Å². The predicted octanol–water partition coefficient (Wildman–Crippen LogP) is 3.75. The summed E-state index contributed by atoms with van der Waals surface area (Å²) in [5, 5.41) is 4.96. The average molecular weight is 278 g/mol. The molecule has 4 heteroatoms. The molecule has 0 saturated heterocycles. The second kappa shape index (κ2) is 6.22. The number of nitrogens with two attached hydrogens (primary N) is 1. The normalized spacial score (nSPS) is 12.9. The Hall–Kier alpha value is -1.32. The number of hydrogen-bond acceptors (Lipinski definition) is 2. The lowest BCUT2D eigenvalue weighted by Crippen LogP contribution is -2.18. The largest absolute Gasteiger partial charge is 0.323 e. The second-order valence-corrected chi connectivity index (χ2v) is 5.45. The number of aryl methyl sites for hydroxylation is 1. The van der Waals surface area contributed by atoms with Crippen LogP contribution >= 0.6 is 11.6 Å². The van der Waals surface area contributed by atoms with E-state index in [1.54, 1.807) is 6.20 Å². The Morgan fingerprint density at radius 2 is 1.95 bits per heavy atom. The monoisotopic (exact) mass is 277 g/mol. The summed E-state index contributed by atoms with van der Waals surface area (Å²) < 4.78 is 1.91. The summed E-state index contributed by atoms with van der Waals surface area (Å²) in [7, 11) is 0. The fourth-order valence-corrected chi connectivity index (χ4v) is 2.48. The highest BCUT2D eigenvalue weighted by atomic mass is 35.5. The third kappa shape index (κ3) is 3.37. The molecule has 1 unspecified atom stereocenters. The maximum absolute atomic E-state index is 6.28. The minimum absolute atomic E-state index is 0.0855. The summed E-state index contributed by atoms with van der Waals surface area (Å²) in [4.78, 5) is 0. The van der Waals surface area contributed by atoms with Crippen LogP contribution in [0.1, 0.15) is 43.6 Å². The van der Waals surface area contributed by atoms with Crippen molar-refractivity contribution in [2.24, 2.45) is 5.73 Å². The van der Waals surface area contributed by atoms with Crippen molar-refractivity contribution in [1.82, 2.24) is 9.78 Å². The van der Waals surface area contributed by atoms with Crippen LogP contribution in [0.3, 0.4) is 0 Å². The minimum atomic E-state index is -0.0855. The van der Waals surface area contributed by atoms with Gasteiger partial charge < -0.3 is 5.73 Å². The standard InChI is InChI=1S/C15H20ClN3/c1-11(2)19-15(13(16)10-18-19)14(17)9-8-12-6-4-3-5-7-12/h3-7,10-11,14H,8-9,17H2,1-2H3. The van der Waals surface area contributed by atoms with Crippen LogP contribution in [0.25, 0.3) is 0 Å². The van der Waals surface area contributed by atoms with Gasteiger partial charge in [0, 0.05) is 12.1 Å². The molecule has 0 fully saturated rings. The van der Waals surface area contributed by atoms with E-state index in [1.807, 2.05) is 22.9 Å². The molecule has 0 radical (unpaired) electrons. The summed E-state index contributed by atoms with van der Waals surface area (Å²) >= 11 is 6.20. The molecule has 102 valence electrons. The van der Waals surface area contributed by atoms with Crippen LogP contribution in [0.5, 0.6) is 0 Å². The van der Waals surface area contributed by atoms with Gasteiger partial charge in [-0.25, -0.2) is 0 Å². The van der Waals surface area contributed by atoms with E-state index in [0.717, 1.165) is 18.5 Å². The minimum Gasteiger partial charge on any atom is -0.323 e. The molecule has 0 saturated carbocycles. The van der Waals surface area contributed by atoms with Gasteiger partial charge in [-0.3, -0.25) is 4.68 Å². The van der Waals surface area contributed by atoms with E-state index in [2.05, 4.69) is 31.1 Å². The molecule has 3 nitrogen and oxygen atoms in total. The molecule has 0 amide bonds. The molecule has 0 bridgehead atoms. The van der Waals surface area contributed by atoms with Gasteiger partial charge in [-0.15, -0.1) is 0 Å². The number of nitrogens with zero attached hydrogens (tertiary/aromatic N) is 2. The van der Waals surface area contributed by atoms with Crippen LogP contribution in [0.4, 0.5) is 0 Å². The number of hydrogen-bond donors (Lipinski definition) is 1. The van der Waals surface area contributed by atoms with Crippen LogP contribution in [-0.4, -0.2) is 9.78 Å². The molecule has 0 spiro atoms. The smallest absolute Gasteiger partial charge is 0.0834 e. The summed E-state index contributed by atoms with van der Waals surface area (Å²) in [6.07, 6.45) is 3.49. The van der Waals surface area contributed by atoms with Gasteiger partial charge in [0.05, 0.1) is 16.9 Å². The van der Waals surface area contributed by atoms with E-state index in [1.165, 1.54) is 5.56 Å².